The molecule has 1 rings (SSSR count). The van der Waals surface area contributed by atoms with Gasteiger partial charge in [-0.3, -0.25) is 4.79 Å². The lowest BCUT2D eigenvalue weighted by Crippen LogP contribution is -2.40. The van der Waals surface area contributed by atoms with Crippen LogP contribution >= 0.6 is 12.2 Å². The van der Waals surface area contributed by atoms with Gasteiger partial charge in [-0.1, -0.05) is 12.2 Å². The number of benzene rings is 1. The molecule has 110 valence electrons. The minimum absolute atomic E-state index is 0.0736. The number of carbonyl (C=O) groups excluding carboxylic acids is 1. The van der Waals surface area contributed by atoms with E-state index in [1.165, 1.54) is 12.1 Å². The van der Waals surface area contributed by atoms with Crippen LogP contribution in [-0.2, 0) is 4.79 Å². The molecule has 0 radical (unpaired) electrons. The summed E-state index contributed by atoms with van der Waals surface area (Å²) >= 11 is 4.94. The molecule has 0 heterocycles. The van der Waals surface area contributed by atoms with Crippen molar-refractivity contribution >= 4 is 28.8 Å². The van der Waals surface area contributed by atoms with Crippen molar-refractivity contribution in [2.24, 2.45) is 5.73 Å². The smallest absolute Gasteiger partial charge is 0.239 e. The predicted molar refractivity (Wildman–Crippen MR) is 83.5 cm³/mol. The normalized spacial score (nSPS) is 10.4. The summed E-state index contributed by atoms with van der Waals surface area (Å²) in [5.41, 5.74) is 6.74. The first-order valence-corrected chi connectivity index (χ1v) is 6.89. The summed E-state index contributed by atoms with van der Waals surface area (Å²) in [4.78, 5) is 13.8. The van der Waals surface area contributed by atoms with Crippen molar-refractivity contribution in [1.82, 2.24) is 5.32 Å². The zero-order chi connectivity index (χ0) is 15.3. The van der Waals surface area contributed by atoms with E-state index < -0.39 is 5.82 Å². The first-order valence-electron chi connectivity index (χ1n) is 6.48. The van der Waals surface area contributed by atoms with Crippen molar-refractivity contribution in [3.63, 3.8) is 0 Å². The zero-order valence-corrected chi connectivity index (χ0v) is 12.8. The lowest BCUT2D eigenvalue weighted by Gasteiger charge is -2.25. The largest absolute Gasteiger partial charge is 0.389 e. The molecular weight excluding hydrogens is 277 g/mol. The molecule has 0 bridgehead atoms. The first kappa shape index (κ1) is 16.4. The molecule has 6 heteroatoms. The average molecular weight is 297 g/mol. The van der Waals surface area contributed by atoms with Crippen LogP contribution in [-0.4, -0.2) is 30.0 Å². The Labute approximate surface area is 124 Å². The number of hydrogen-bond donors (Lipinski definition) is 2. The quantitative estimate of drug-likeness (QED) is 0.786. The van der Waals surface area contributed by atoms with Gasteiger partial charge < -0.3 is 16.0 Å². The lowest BCUT2D eigenvalue weighted by atomic mass is 10.1. The monoisotopic (exact) mass is 297 g/mol. The van der Waals surface area contributed by atoms with Gasteiger partial charge in [0.25, 0.3) is 0 Å². The number of nitrogens with zero attached hydrogens (tertiary/aromatic N) is 1. The topological polar surface area (TPSA) is 58.4 Å². The van der Waals surface area contributed by atoms with Crippen LogP contribution in [0, 0.1) is 5.82 Å². The summed E-state index contributed by atoms with van der Waals surface area (Å²) in [6.45, 7) is 6.47. The number of nitrogens with one attached hydrogen (secondary N) is 1. The van der Waals surface area contributed by atoms with Crippen LogP contribution in [0.5, 0.6) is 0 Å². The molecule has 1 aromatic carbocycles. The fourth-order valence-electron chi connectivity index (χ4n) is 1.89. The highest BCUT2D eigenvalue weighted by Crippen LogP contribution is 2.21. The third-order valence-electron chi connectivity index (χ3n) is 2.73. The number of nitrogens with two attached hydrogens (primary N) is 1. The zero-order valence-electron chi connectivity index (χ0n) is 11.9. The minimum atomic E-state index is -0.403. The van der Waals surface area contributed by atoms with Crippen LogP contribution in [0.2, 0.25) is 0 Å². The molecule has 0 aliphatic rings. The van der Waals surface area contributed by atoms with E-state index >= 15 is 0 Å². The Morgan fingerprint density at radius 3 is 2.65 bits per heavy atom. The van der Waals surface area contributed by atoms with Gasteiger partial charge in [-0.05, 0) is 39.0 Å². The van der Waals surface area contributed by atoms with Crippen molar-refractivity contribution in [3.05, 3.63) is 29.6 Å². The highest BCUT2D eigenvalue weighted by molar-refractivity contribution is 7.80. The SMILES string of the molecule is CCN(CC(=O)NC(C)C)c1ccc(F)cc1C(N)=S. The third kappa shape index (κ3) is 4.45. The maximum absolute atomic E-state index is 13.3. The van der Waals surface area contributed by atoms with E-state index in [0.29, 0.717) is 17.8 Å². The summed E-state index contributed by atoms with van der Waals surface area (Å²) in [7, 11) is 0. The molecule has 0 atom stereocenters. The molecule has 4 nitrogen and oxygen atoms in total. The molecule has 0 fully saturated rings. The summed E-state index contributed by atoms with van der Waals surface area (Å²) < 4.78 is 13.3. The van der Waals surface area contributed by atoms with Gasteiger partial charge in [-0.25, -0.2) is 4.39 Å². The maximum atomic E-state index is 13.3. The van der Waals surface area contributed by atoms with E-state index in [9.17, 15) is 9.18 Å². The second-order valence-electron chi connectivity index (χ2n) is 4.76. The summed E-state index contributed by atoms with van der Waals surface area (Å²) in [5.74, 6) is -0.501. The second kappa shape index (κ2) is 7.19. The van der Waals surface area contributed by atoms with Gasteiger partial charge in [0.1, 0.15) is 10.8 Å². The molecule has 0 saturated heterocycles. The molecule has 3 N–H and O–H groups in total. The molecule has 20 heavy (non-hydrogen) atoms. The van der Waals surface area contributed by atoms with Gasteiger partial charge in [0.15, 0.2) is 0 Å². The van der Waals surface area contributed by atoms with Gasteiger partial charge in [0.2, 0.25) is 5.91 Å². The van der Waals surface area contributed by atoms with Gasteiger partial charge in [-0.2, -0.15) is 0 Å². The number of carbonyl (C=O) groups is 1. The molecule has 1 amide bonds. The molecule has 1 aromatic rings. The van der Waals surface area contributed by atoms with E-state index in [1.807, 2.05) is 25.7 Å². The fourth-order valence-corrected chi connectivity index (χ4v) is 2.05. The number of thiocarbonyl (C=S) groups is 1. The Morgan fingerprint density at radius 2 is 2.15 bits per heavy atom. The van der Waals surface area contributed by atoms with Gasteiger partial charge in [-0.15, -0.1) is 0 Å². The number of likely N-dealkylation sites (N-methyl/N-ethyl adjacent to an activating group) is 1. The van der Waals surface area contributed by atoms with Crippen molar-refractivity contribution in [1.29, 1.82) is 0 Å². The first-order chi connectivity index (χ1) is 9.35. The maximum Gasteiger partial charge on any atom is 0.239 e. The van der Waals surface area contributed by atoms with Crippen LogP contribution in [0.3, 0.4) is 0 Å². The van der Waals surface area contributed by atoms with E-state index in [4.69, 9.17) is 18.0 Å². The molecule has 0 aliphatic carbocycles. The summed E-state index contributed by atoms with van der Waals surface area (Å²) in [6.07, 6.45) is 0. The molecule has 0 unspecified atom stereocenters. The van der Waals surface area contributed by atoms with Crippen LogP contribution in [0.1, 0.15) is 26.3 Å². The van der Waals surface area contributed by atoms with E-state index in [0.717, 1.165) is 0 Å². The number of halogens is 1. The van der Waals surface area contributed by atoms with Crippen LogP contribution < -0.4 is 16.0 Å². The van der Waals surface area contributed by atoms with Crippen LogP contribution in [0.4, 0.5) is 10.1 Å². The minimum Gasteiger partial charge on any atom is -0.389 e. The van der Waals surface area contributed by atoms with E-state index in [1.54, 1.807) is 6.07 Å². The Kier molecular flexibility index (Phi) is 5.88. The van der Waals surface area contributed by atoms with Gasteiger partial charge in [0, 0.05) is 23.8 Å². The van der Waals surface area contributed by atoms with Gasteiger partial charge in [0.05, 0.1) is 6.54 Å². The lowest BCUT2D eigenvalue weighted by molar-refractivity contribution is -0.120. The summed E-state index contributed by atoms with van der Waals surface area (Å²) in [5, 5.41) is 2.82. The summed E-state index contributed by atoms with van der Waals surface area (Å²) in [6, 6.07) is 4.29. The standard InChI is InChI=1S/C14H20FN3OS/c1-4-18(8-13(19)17-9(2)3)12-6-5-10(15)7-11(12)14(16)20/h5-7,9H,4,8H2,1-3H3,(H2,16,20)(H,17,19). The molecule has 0 spiro atoms. The van der Waals surface area contributed by atoms with Crippen molar-refractivity contribution < 1.29 is 9.18 Å². The highest BCUT2D eigenvalue weighted by atomic mass is 32.1. The number of amides is 1. The molecule has 0 saturated carbocycles. The Morgan fingerprint density at radius 1 is 1.50 bits per heavy atom. The highest BCUT2D eigenvalue weighted by Gasteiger charge is 2.16. The fraction of sp³-hybridized carbons (Fsp3) is 0.429. The number of rotatable bonds is 6. The van der Waals surface area contributed by atoms with E-state index in [-0.39, 0.29) is 23.5 Å². The average Bonchev–Trinajstić information content (AvgIpc) is 2.35. The van der Waals surface area contributed by atoms with Crippen molar-refractivity contribution in [2.75, 3.05) is 18.0 Å². The molecule has 0 aromatic heterocycles. The Hall–Kier alpha value is -1.69. The third-order valence-corrected chi connectivity index (χ3v) is 2.95. The molecular formula is C14H20FN3OS. The Bertz CT molecular complexity index is 505. The van der Waals surface area contributed by atoms with Gasteiger partial charge >= 0.3 is 0 Å². The van der Waals surface area contributed by atoms with E-state index in [2.05, 4.69) is 5.32 Å². The predicted octanol–water partition coefficient (Wildman–Crippen LogP) is 1.81. The van der Waals surface area contributed by atoms with Crippen molar-refractivity contribution in [2.45, 2.75) is 26.8 Å². The number of hydrogen-bond acceptors (Lipinski definition) is 3. The molecule has 0 aliphatic heterocycles. The Balaban J connectivity index is 3.00. The van der Waals surface area contributed by atoms with Crippen molar-refractivity contribution in [3.8, 4) is 0 Å². The number of anilines is 1. The van der Waals surface area contributed by atoms with Crippen LogP contribution in [0.25, 0.3) is 0 Å². The second-order valence-corrected chi connectivity index (χ2v) is 5.20. The van der Waals surface area contributed by atoms with Crippen LogP contribution in [0.15, 0.2) is 18.2 Å².